The fourth-order valence-corrected chi connectivity index (χ4v) is 1.39. The van der Waals surface area contributed by atoms with Crippen LogP contribution in [0, 0.1) is 0 Å². The molecule has 0 fully saturated rings. The minimum Gasteiger partial charge on any atom is -0.465 e. The molecular formula is C12H21NO3. The minimum atomic E-state index is -0.722. The molecule has 0 bridgehead atoms. The van der Waals surface area contributed by atoms with Crippen molar-refractivity contribution >= 4 is 11.9 Å². The van der Waals surface area contributed by atoms with Crippen molar-refractivity contribution in [1.29, 1.82) is 0 Å². The number of carbonyl (C=O) groups is 2. The normalized spacial score (nSPS) is 11.2. The number of amides is 1. The number of esters is 1. The topological polar surface area (TPSA) is 69.4 Å². The number of hydrogen-bond donors (Lipinski definition) is 1. The molecule has 16 heavy (non-hydrogen) atoms. The van der Waals surface area contributed by atoms with Gasteiger partial charge in [-0.15, -0.1) is 0 Å². The molecule has 92 valence electrons. The third kappa shape index (κ3) is 6.22. The van der Waals surface area contributed by atoms with Crippen LogP contribution in [0.4, 0.5) is 0 Å². The molecule has 0 aliphatic heterocycles. The van der Waals surface area contributed by atoms with Gasteiger partial charge in [0.05, 0.1) is 7.11 Å². The lowest BCUT2D eigenvalue weighted by Crippen LogP contribution is -2.21. The van der Waals surface area contributed by atoms with Crippen molar-refractivity contribution in [3.8, 4) is 0 Å². The van der Waals surface area contributed by atoms with Gasteiger partial charge in [0.15, 0.2) is 0 Å². The number of ether oxygens (including phenoxy) is 1. The SMILES string of the molecule is CCCCCCC/C=C(\C(N)=O)C(=O)OC. The molecule has 0 aliphatic carbocycles. The summed E-state index contributed by atoms with van der Waals surface area (Å²) in [4.78, 5) is 22.0. The number of hydrogen-bond acceptors (Lipinski definition) is 3. The fourth-order valence-electron chi connectivity index (χ4n) is 1.39. The molecule has 1 amide bonds. The number of rotatable bonds is 8. The Morgan fingerprint density at radius 2 is 1.81 bits per heavy atom. The van der Waals surface area contributed by atoms with Crippen LogP contribution in [0.25, 0.3) is 0 Å². The van der Waals surface area contributed by atoms with E-state index in [0.29, 0.717) is 6.42 Å². The molecule has 0 aromatic rings. The highest BCUT2D eigenvalue weighted by Gasteiger charge is 2.14. The lowest BCUT2D eigenvalue weighted by Gasteiger charge is -2.01. The summed E-state index contributed by atoms with van der Waals surface area (Å²) in [5, 5.41) is 0. The average Bonchev–Trinajstić information content (AvgIpc) is 2.26. The smallest absolute Gasteiger partial charge is 0.343 e. The lowest BCUT2D eigenvalue weighted by molar-refractivity contribution is -0.137. The Balaban J connectivity index is 3.96. The first kappa shape index (κ1) is 14.7. The van der Waals surface area contributed by atoms with Crippen molar-refractivity contribution in [2.45, 2.75) is 45.4 Å². The van der Waals surface area contributed by atoms with Gasteiger partial charge in [-0.2, -0.15) is 0 Å². The average molecular weight is 227 g/mol. The van der Waals surface area contributed by atoms with Crippen molar-refractivity contribution in [1.82, 2.24) is 0 Å². The van der Waals surface area contributed by atoms with Crippen LogP contribution in [0.15, 0.2) is 11.6 Å². The lowest BCUT2D eigenvalue weighted by atomic mass is 10.1. The van der Waals surface area contributed by atoms with E-state index in [9.17, 15) is 9.59 Å². The first-order valence-electron chi connectivity index (χ1n) is 5.71. The largest absolute Gasteiger partial charge is 0.465 e. The first-order chi connectivity index (χ1) is 7.63. The highest BCUT2D eigenvalue weighted by Crippen LogP contribution is 2.07. The van der Waals surface area contributed by atoms with Crippen LogP contribution in [0.3, 0.4) is 0 Å². The van der Waals surface area contributed by atoms with Gasteiger partial charge < -0.3 is 10.5 Å². The number of primary amides is 1. The second-order valence-electron chi connectivity index (χ2n) is 3.68. The summed E-state index contributed by atoms with van der Waals surface area (Å²) in [6.45, 7) is 2.16. The van der Waals surface area contributed by atoms with Crippen LogP contribution in [0.2, 0.25) is 0 Å². The number of allylic oxidation sites excluding steroid dienone is 1. The van der Waals surface area contributed by atoms with Crippen LogP contribution < -0.4 is 5.73 Å². The van der Waals surface area contributed by atoms with Gasteiger partial charge in [-0.3, -0.25) is 4.79 Å². The molecule has 0 aromatic carbocycles. The Morgan fingerprint density at radius 1 is 1.19 bits per heavy atom. The number of carbonyl (C=O) groups excluding carboxylic acids is 2. The molecule has 0 heterocycles. The van der Waals surface area contributed by atoms with Gasteiger partial charge in [-0.1, -0.05) is 38.7 Å². The quantitative estimate of drug-likeness (QED) is 0.226. The minimum absolute atomic E-state index is 0.0435. The molecule has 0 radical (unpaired) electrons. The highest BCUT2D eigenvalue weighted by molar-refractivity contribution is 6.15. The Labute approximate surface area is 96.8 Å². The summed E-state index contributed by atoms with van der Waals surface area (Å²) >= 11 is 0. The van der Waals surface area contributed by atoms with Crippen molar-refractivity contribution in [3.63, 3.8) is 0 Å². The zero-order chi connectivity index (χ0) is 12.4. The van der Waals surface area contributed by atoms with Gasteiger partial charge in [0.2, 0.25) is 0 Å². The third-order valence-electron chi connectivity index (χ3n) is 2.33. The van der Waals surface area contributed by atoms with Crippen molar-refractivity contribution < 1.29 is 14.3 Å². The van der Waals surface area contributed by atoms with Gasteiger partial charge in [-0.25, -0.2) is 4.79 Å². The van der Waals surface area contributed by atoms with Gasteiger partial charge >= 0.3 is 5.97 Å². The van der Waals surface area contributed by atoms with E-state index in [0.717, 1.165) is 12.8 Å². The Morgan fingerprint density at radius 3 is 2.31 bits per heavy atom. The molecule has 0 saturated carbocycles. The Kier molecular flexibility index (Phi) is 8.21. The predicted octanol–water partition coefficient (Wildman–Crippen LogP) is 1.93. The molecule has 0 aliphatic rings. The van der Waals surface area contributed by atoms with Crippen LogP contribution in [-0.2, 0) is 14.3 Å². The zero-order valence-electron chi connectivity index (χ0n) is 10.1. The number of unbranched alkanes of at least 4 members (excludes halogenated alkanes) is 5. The maximum Gasteiger partial charge on any atom is 0.343 e. The van der Waals surface area contributed by atoms with E-state index in [1.165, 1.54) is 26.4 Å². The molecule has 0 aromatic heterocycles. The maximum absolute atomic E-state index is 11.1. The maximum atomic E-state index is 11.1. The molecule has 2 N–H and O–H groups in total. The summed E-state index contributed by atoms with van der Waals surface area (Å²) < 4.78 is 4.46. The van der Waals surface area contributed by atoms with Crippen LogP contribution >= 0.6 is 0 Å². The highest BCUT2D eigenvalue weighted by atomic mass is 16.5. The van der Waals surface area contributed by atoms with E-state index in [-0.39, 0.29) is 5.57 Å². The van der Waals surface area contributed by atoms with E-state index >= 15 is 0 Å². The van der Waals surface area contributed by atoms with E-state index in [4.69, 9.17) is 5.73 Å². The van der Waals surface area contributed by atoms with E-state index in [2.05, 4.69) is 11.7 Å². The molecule has 0 atom stereocenters. The van der Waals surface area contributed by atoms with Gasteiger partial charge in [0.25, 0.3) is 5.91 Å². The molecule has 0 saturated heterocycles. The standard InChI is InChI=1S/C12H21NO3/c1-3-4-5-6-7-8-9-10(11(13)14)12(15)16-2/h9H,3-8H2,1-2H3,(H2,13,14)/b10-9+. The molecule has 0 spiro atoms. The summed E-state index contributed by atoms with van der Waals surface area (Å²) in [5.74, 6) is -1.37. The summed E-state index contributed by atoms with van der Waals surface area (Å²) in [7, 11) is 1.24. The monoisotopic (exact) mass is 227 g/mol. The van der Waals surface area contributed by atoms with Gasteiger partial charge in [0.1, 0.15) is 5.57 Å². The molecule has 4 heteroatoms. The van der Waals surface area contributed by atoms with Crippen molar-refractivity contribution in [3.05, 3.63) is 11.6 Å². The van der Waals surface area contributed by atoms with Crippen molar-refractivity contribution in [2.24, 2.45) is 5.73 Å². The number of methoxy groups -OCH3 is 1. The Hall–Kier alpha value is -1.32. The number of nitrogens with two attached hydrogens (primary N) is 1. The van der Waals surface area contributed by atoms with Gasteiger partial charge in [0, 0.05) is 0 Å². The predicted molar refractivity (Wildman–Crippen MR) is 62.7 cm³/mol. The second kappa shape index (κ2) is 8.95. The Bertz CT molecular complexity index is 259. The summed E-state index contributed by atoms with van der Waals surface area (Å²) in [6.07, 6.45) is 7.95. The van der Waals surface area contributed by atoms with E-state index in [1.807, 2.05) is 0 Å². The molecule has 0 unspecified atom stereocenters. The van der Waals surface area contributed by atoms with Crippen LogP contribution in [-0.4, -0.2) is 19.0 Å². The molecular weight excluding hydrogens is 206 g/mol. The van der Waals surface area contributed by atoms with Crippen molar-refractivity contribution in [2.75, 3.05) is 7.11 Å². The molecule has 0 rings (SSSR count). The third-order valence-corrected chi connectivity index (χ3v) is 2.33. The first-order valence-corrected chi connectivity index (χ1v) is 5.71. The summed E-state index contributed by atoms with van der Waals surface area (Å²) in [6, 6.07) is 0. The summed E-state index contributed by atoms with van der Waals surface area (Å²) in [5.41, 5.74) is 5.02. The second-order valence-corrected chi connectivity index (χ2v) is 3.68. The van der Waals surface area contributed by atoms with Crippen LogP contribution in [0.5, 0.6) is 0 Å². The fraction of sp³-hybridized carbons (Fsp3) is 0.667. The van der Waals surface area contributed by atoms with E-state index < -0.39 is 11.9 Å². The zero-order valence-corrected chi connectivity index (χ0v) is 10.1. The van der Waals surface area contributed by atoms with Crippen LogP contribution in [0.1, 0.15) is 45.4 Å². The molecule has 4 nitrogen and oxygen atoms in total. The van der Waals surface area contributed by atoms with Gasteiger partial charge in [-0.05, 0) is 12.8 Å². The van der Waals surface area contributed by atoms with E-state index in [1.54, 1.807) is 6.08 Å².